The van der Waals surface area contributed by atoms with Crippen LogP contribution < -0.4 is 5.32 Å². The molecular weight excluding hydrogens is 284 g/mol. The number of hydrogen-bond donors (Lipinski definition) is 1. The molecule has 3 nitrogen and oxygen atoms in total. The van der Waals surface area contributed by atoms with E-state index in [1.165, 1.54) is 24.8 Å². The Kier molecular flexibility index (Phi) is 5.65. The van der Waals surface area contributed by atoms with Crippen LogP contribution in [0.25, 0.3) is 0 Å². The van der Waals surface area contributed by atoms with E-state index in [1.807, 2.05) is 18.2 Å². The first-order valence-corrected chi connectivity index (χ1v) is 7.80. The molecule has 2 fully saturated rings. The van der Waals surface area contributed by atoms with Gasteiger partial charge in [0.2, 0.25) is 5.91 Å². The highest BCUT2D eigenvalue weighted by atomic mass is 35.5. The minimum absolute atomic E-state index is 0. The van der Waals surface area contributed by atoms with Crippen molar-refractivity contribution in [2.24, 2.45) is 5.41 Å². The van der Waals surface area contributed by atoms with Crippen LogP contribution in [0.5, 0.6) is 0 Å². The van der Waals surface area contributed by atoms with Crippen molar-refractivity contribution in [1.82, 2.24) is 10.2 Å². The number of amides is 1. The minimum atomic E-state index is 0. The number of likely N-dealkylation sites (tertiary alicyclic amines) is 1. The molecule has 0 saturated carbocycles. The highest BCUT2D eigenvalue weighted by Gasteiger charge is 2.35. The molecule has 4 heteroatoms. The third-order valence-electron chi connectivity index (χ3n) is 5.01. The highest BCUT2D eigenvalue weighted by Crippen LogP contribution is 2.39. The second kappa shape index (κ2) is 7.28. The van der Waals surface area contributed by atoms with Crippen LogP contribution in [0.4, 0.5) is 0 Å². The van der Waals surface area contributed by atoms with Gasteiger partial charge in [-0.15, -0.1) is 12.4 Å². The molecule has 0 atom stereocenters. The highest BCUT2D eigenvalue weighted by molar-refractivity contribution is 5.85. The van der Waals surface area contributed by atoms with Crippen molar-refractivity contribution in [3.8, 4) is 0 Å². The molecule has 0 radical (unpaired) electrons. The molecule has 2 aliphatic rings. The number of benzene rings is 1. The third kappa shape index (κ3) is 3.98. The monoisotopic (exact) mass is 308 g/mol. The summed E-state index contributed by atoms with van der Waals surface area (Å²) >= 11 is 0. The molecule has 21 heavy (non-hydrogen) atoms. The molecule has 1 aromatic carbocycles. The number of carbonyl (C=O) groups excluding carboxylic acids is 1. The number of nitrogens with one attached hydrogen (secondary N) is 1. The van der Waals surface area contributed by atoms with E-state index >= 15 is 0 Å². The van der Waals surface area contributed by atoms with E-state index in [0.29, 0.717) is 11.3 Å². The van der Waals surface area contributed by atoms with E-state index in [9.17, 15) is 4.79 Å². The van der Waals surface area contributed by atoms with E-state index in [4.69, 9.17) is 0 Å². The van der Waals surface area contributed by atoms with E-state index < -0.39 is 0 Å². The summed E-state index contributed by atoms with van der Waals surface area (Å²) in [6, 6.07) is 10.3. The predicted molar refractivity (Wildman–Crippen MR) is 87.5 cm³/mol. The summed E-state index contributed by atoms with van der Waals surface area (Å²) in [4.78, 5) is 14.4. The number of piperidine rings is 1. The van der Waals surface area contributed by atoms with Crippen molar-refractivity contribution >= 4 is 18.3 Å². The first kappa shape index (κ1) is 16.3. The quantitative estimate of drug-likeness (QED) is 0.911. The molecule has 0 aliphatic carbocycles. The van der Waals surface area contributed by atoms with Gasteiger partial charge >= 0.3 is 0 Å². The largest absolute Gasteiger partial charge is 0.338 e. The molecule has 1 amide bonds. The maximum absolute atomic E-state index is 12.4. The van der Waals surface area contributed by atoms with Crippen LogP contribution in [0.15, 0.2) is 30.3 Å². The number of nitrogens with zero attached hydrogens (tertiary/aromatic N) is 1. The SMILES string of the molecule is Cl.O=C1CCC2(CCNCC2)CCN1Cc1ccccc1. The van der Waals surface area contributed by atoms with Crippen LogP contribution in [0, 0.1) is 5.41 Å². The average Bonchev–Trinajstić information content (AvgIpc) is 2.64. The standard InChI is InChI=1S/C17H24N2O.ClH/c20-16-6-7-17(8-11-18-12-9-17)10-13-19(16)14-15-4-2-1-3-5-15;/h1-5,18H,6-14H2;1H. The maximum Gasteiger partial charge on any atom is 0.222 e. The molecule has 0 aromatic heterocycles. The lowest BCUT2D eigenvalue weighted by molar-refractivity contribution is -0.131. The van der Waals surface area contributed by atoms with Crippen LogP contribution in [-0.2, 0) is 11.3 Å². The second-order valence-corrected chi connectivity index (χ2v) is 6.30. The molecule has 2 saturated heterocycles. The molecule has 1 N–H and O–H groups in total. The van der Waals surface area contributed by atoms with Crippen LogP contribution in [0.1, 0.15) is 37.7 Å². The molecule has 3 rings (SSSR count). The van der Waals surface area contributed by atoms with E-state index in [2.05, 4.69) is 22.3 Å². The van der Waals surface area contributed by atoms with Gasteiger partial charge in [-0.1, -0.05) is 30.3 Å². The zero-order chi connectivity index (χ0) is 13.8. The Balaban J connectivity index is 0.00000161. The number of hydrogen-bond acceptors (Lipinski definition) is 2. The zero-order valence-corrected chi connectivity index (χ0v) is 13.3. The van der Waals surface area contributed by atoms with Gasteiger partial charge < -0.3 is 10.2 Å². The fraction of sp³-hybridized carbons (Fsp3) is 0.588. The lowest BCUT2D eigenvalue weighted by atomic mass is 9.73. The molecule has 116 valence electrons. The van der Waals surface area contributed by atoms with Gasteiger partial charge in [-0.05, 0) is 49.8 Å². The van der Waals surface area contributed by atoms with Crippen molar-refractivity contribution in [1.29, 1.82) is 0 Å². The van der Waals surface area contributed by atoms with Crippen molar-refractivity contribution in [2.45, 2.75) is 38.6 Å². The van der Waals surface area contributed by atoms with Gasteiger partial charge in [0, 0.05) is 19.5 Å². The normalized spacial score (nSPS) is 21.7. The summed E-state index contributed by atoms with van der Waals surface area (Å²) in [5.74, 6) is 0.337. The Bertz CT molecular complexity index is 457. The number of rotatable bonds is 2. The summed E-state index contributed by atoms with van der Waals surface area (Å²) in [6.45, 7) is 3.93. The Labute approximate surface area is 133 Å². The fourth-order valence-corrected chi connectivity index (χ4v) is 3.58. The lowest BCUT2D eigenvalue weighted by Gasteiger charge is -2.36. The molecule has 0 bridgehead atoms. The molecule has 1 aromatic rings. The summed E-state index contributed by atoms with van der Waals surface area (Å²) < 4.78 is 0. The van der Waals surface area contributed by atoms with Gasteiger partial charge in [-0.25, -0.2) is 0 Å². The van der Waals surface area contributed by atoms with E-state index in [1.54, 1.807) is 0 Å². The van der Waals surface area contributed by atoms with Gasteiger partial charge in [0.1, 0.15) is 0 Å². The van der Waals surface area contributed by atoms with Gasteiger partial charge in [0.15, 0.2) is 0 Å². The van der Waals surface area contributed by atoms with Crippen LogP contribution in [-0.4, -0.2) is 30.4 Å². The Hall–Kier alpha value is -1.06. The minimum Gasteiger partial charge on any atom is -0.338 e. The fourth-order valence-electron chi connectivity index (χ4n) is 3.58. The summed E-state index contributed by atoms with van der Waals surface area (Å²) in [6.07, 6.45) is 5.46. The Morgan fingerprint density at radius 3 is 2.48 bits per heavy atom. The van der Waals surface area contributed by atoms with Gasteiger partial charge in [0.05, 0.1) is 0 Å². The van der Waals surface area contributed by atoms with Crippen molar-refractivity contribution in [2.75, 3.05) is 19.6 Å². The summed E-state index contributed by atoms with van der Waals surface area (Å²) in [7, 11) is 0. The summed E-state index contributed by atoms with van der Waals surface area (Å²) in [5, 5.41) is 3.44. The zero-order valence-electron chi connectivity index (χ0n) is 12.5. The van der Waals surface area contributed by atoms with Crippen LogP contribution >= 0.6 is 12.4 Å². The smallest absolute Gasteiger partial charge is 0.222 e. The number of carbonyl (C=O) groups is 1. The van der Waals surface area contributed by atoms with Gasteiger partial charge in [0.25, 0.3) is 0 Å². The molecule has 2 aliphatic heterocycles. The molecule has 1 spiro atoms. The third-order valence-corrected chi connectivity index (χ3v) is 5.01. The molecule has 0 unspecified atom stereocenters. The van der Waals surface area contributed by atoms with E-state index in [0.717, 1.165) is 39.0 Å². The summed E-state index contributed by atoms with van der Waals surface area (Å²) in [5.41, 5.74) is 1.66. The molecule has 2 heterocycles. The Morgan fingerprint density at radius 1 is 1.05 bits per heavy atom. The topological polar surface area (TPSA) is 32.3 Å². The second-order valence-electron chi connectivity index (χ2n) is 6.30. The van der Waals surface area contributed by atoms with Crippen LogP contribution in [0.3, 0.4) is 0 Å². The van der Waals surface area contributed by atoms with Gasteiger partial charge in [-0.2, -0.15) is 0 Å². The van der Waals surface area contributed by atoms with Crippen LogP contribution in [0.2, 0.25) is 0 Å². The first-order chi connectivity index (χ1) is 9.77. The number of halogens is 1. The lowest BCUT2D eigenvalue weighted by Crippen LogP contribution is -2.37. The molecular formula is C17H25ClN2O. The van der Waals surface area contributed by atoms with E-state index in [-0.39, 0.29) is 12.4 Å². The average molecular weight is 309 g/mol. The maximum atomic E-state index is 12.4. The predicted octanol–water partition coefficient (Wildman–Crippen LogP) is 2.99. The Morgan fingerprint density at radius 2 is 1.76 bits per heavy atom. The van der Waals surface area contributed by atoms with Crippen molar-refractivity contribution < 1.29 is 4.79 Å². The van der Waals surface area contributed by atoms with Crippen molar-refractivity contribution in [3.63, 3.8) is 0 Å². The first-order valence-electron chi connectivity index (χ1n) is 7.80. The van der Waals surface area contributed by atoms with Gasteiger partial charge in [-0.3, -0.25) is 4.79 Å². The van der Waals surface area contributed by atoms with Crippen molar-refractivity contribution in [3.05, 3.63) is 35.9 Å².